The Bertz CT molecular complexity index is 588. The van der Waals surface area contributed by atoms with Gasteiger partial charge in [0.25, 0.3) is 0 Å². The summed E-state index contributed by atoms with van der Waals surface area (Å²) < 4.78 is 5.94. The van der Waals surface area contributed by atoms with Crippen LogP contribution < -0.4 is 10.2 Å². The Morgan fingerprint density at radius 3 is 2.81 bits per heavy atom. The molecule has 112 valence electrons. The molecule has 1 aromatic heterocycles. The van der Waals surface area contributed by atoms with Crippen LogP contribution in [0.25, 0.3) is 0 Å². The molecule has 3 rings (SSSR count). The molecule has 0 atom stereocenters. The predicted octanol–water partition coefficient (Wildman–Crippen LogP) is 3.59. The van der Waals surface area contributed by atoms with Crippen LogP contribution in [0.5, 0.6) is 0 Å². The van der Waals surface area contributed by atoms with Crippen LogP contribution >= 0.6 is 0 Å². The van der Waals surface area contributed by atoms with E-state index in [9.17, 15) is 0 Å². The molecule has 0 radical (unpaired) electrons. The fourth-order valence-corrected chi connectivity index (χ4v) is 2.85. The van der Waals surface area contributed by atoms with Gasteiger partial charge in [-0.15, -0.1) is 0 Å². The number of nitrogens with zero attached hydrogens (tertiary/aromatic N) is 1. The Kier molecular flexibility index (Phi) is 4.30. The number of hydrogen-bond donors (Lipinski definition) is 1. The molecule has 1 aromatic carbocycles. The van der Waals surface area contributed by atoms with Crippen LogP contribution in [0.2, 0.25) is 0 Å². The van der Waals surface area contributed by atoms with Crippen molar-refractivity contribution in [1.82, 2.24) is 5.32 Å². The van der Waals surface area contributed by atoms with Gasteiger partial charge in [-0.25, -0.2) is 0 Å². The zero-order valence-corrected chi connectivity index (χ0v) is 12.9. The second-order valence-electron chi connectivity index (χ2n) is 6.19. The Labute approximate surface area is 127 Å². The lowest BCUT2D eigenvalue weighted by Gasteiger charge is -2.17. The second-order valence-corrected chi connectivity index (χ2v) is 6.19. The van der Waals surface area contributed by atoms with E-state index in [0.717, 1.165) is 44.1 Å². The summed E-state index contributed by atoms with van der Waals surface area (Å²) in [5.41, 5.74) is 2.80. The zero-order chi connectivity index (χ0) is 14.7. The van der Waals surface area contributed by atoms with Gasteiger partial charge in [-0.2, -0.15) is 0 Å². The minimum absolute atomic E-state index is 0.667. The van der Waals surface area contributed by atoms with Crippen molar-refractivity contribution in [3.63, 3.8) is 0 Å². The fourth-order valence-electron chi connectivity index (χ4n) is 2.85. The van der Waals surface area contributed by atoms with Gasteiger partial charge in [0, 0.05) is 12.2 Å². The van der Waals surface area contributed by atoms with E-state index in [1.54, 1.807) is 0 Å². The zero-order valence-electron chi connectivity index (χ0n) is 12.9. The smallest absolute Gasteiger partial charge is 0.123 e. The largest absolute Gasteiger partial charge is 0.463 e. The first-order chi connectivity index (χ1) is 10.2. The quantitative estimate of drug-likeness (QED) is 0.878. The monoisotopic (exact) mass is 284 g/mol. The Morgan fingerprint density at radius 1 is 1.14 bits per heavy atom. The van der Waals surface area contributed by atoms with Crippen molar-refractivity contribution in [2.75, 3.05) is 18.0 Å². The van der Waals surface area contributed by atoms with E-state index in [4.69, 9.17) is 4.42 Å². The molecule has 0 fully saturated rings. The van der Waals surface area contributed by atoms with Gasteiger partial charge in [0.2, 0.25) is 0 Å². The average Bonchev–Trinajstić information content (AvgIpc) is 3.07. The summed E-state index contributed by atoms with van der Waals surface area (Å²) >= 11 is 0. The Morgan fingerprint density at radius 2 is 1.95 bits per heavy atom. The Hall–Kier alpha value is -1.74. The highest BCUT2D eigenvalue weighted by Crippen LogP contribution is 2.29. The van der Waals surface area contributed by atoms with E-state index in [-0.39, 0.29) is 0 Å². The maximum Gasteiger partial charge on any atom is 0.123 e. The number of furan rings is 1. The molecule has 0 unspecified atom stereocenters. The molecular formula is C18H24N2O. The van der Waals surface area contributed by atoms with Crippen LogP contribution in [0.15, 0.2) is 40.8 Å². The van der Waals surface area contributed by atoms with Gasteiger partial charge in [-0.05, 0) is 42.6 Å². The van der Waals surface area contributed by atoms with Crippen molar-refractivity contribution < 1.29 is 4.42 Å². The standard InChI is InChI=1S/C18H24N2O/c1-14(2)11-19-12-16-7-8-17(21-16)13-20-10-9-15-5-3-4-6-18(15)20/h3-8,14,19H,9-13H2,1-2H3. The van der Waals surface area contributed by atoms with Gasteiger partial charge in [-0.1, -0.05) is 32.0 Å². The molecular weight excluding hydrogens is 260 g/mol. The third-order valence-corrected chi connectivity index (χ3v) is 3.90. The normalized spacial score (nSPS) is 14.0. The van der Waals surface area contributed by atoms with Crippen LogP contribution in [0.3, 0.4) is 0 Å². The van der Waals surface area contributed by atoms with Gasteiger partial charge in [0.1, 0.15) is 11.5 Å². The third kappa shape index (κ3) is 3.48. The lowest BCUT2D eigenvalue weighted by molar-refractivity contribution is 0.434. The van der Waals surface area contributed by atoms with Gasteiger partial charge < -0.3 is 14.6 Å². The van der Waals surface area contributed by atoms with Crippen molar-refractivity contribution in [3.8, 4) is 0 Å². The summed E-state index contributed by atoms with van der Waals surface area (Å²) in [6, 6.07) is 12.8. The molecule has 0 bridgehead atoms. The third-order valence-electron chi connectivity index (χ3n) is 3.90. The summed E-state index contributed by atoms with van der Waals surface area (Å²) in [5, 5.41) is 3.42. The van der Waals surface area contributed by atoms with Crippen LogP contribution in [0.4, 0.5) is 5.69 Å². The summed E-state index contributed by atoms with van der Waals surface area (Å²) in [6.45, 7) is 8.21. The molecule has 0 spiro atoms. The van der Waals surface area contributed by atoms with Crippen LogP contribution in [0, 0.1) is 5.92 Å². The van der Waals surface area contributed by atoms with Crippen molar-refractivity contribution in [2.24, 2.45) is 5.92 Å². The molecule has 0 amide bonds. The molecule has 1 aliphatic heterocycles. The highest BCUT2D eigenvalue weighted by atomic mass is 16.3. The molecule has 0 saturated heterocycles. The van der Waals surface area contributed by atoms with E-state index in [0.29, 0.717) is 5.92 Å². The Balaban J connectivity index is 1.58. The van der Waals surface area contributed by atoms with Gasteiger partial charge >= 0.3 is 0 Å². The summed E-state index contributed by atoms with van der Waals surface area (Å²) in [4.78, 5) is 2.40. The van der Waals surface area contributed by atoms with E-state index in [1.165, 1.54) is 11.3 Å². The van der Waals surface area contributed by atoms with Crippen LogP contribution in [-0.4, -0.2) is 13.1 Å². The topological polar surface area (TPSA) is 28.4 Å². The van der Waals surface area contributed by atoms with Gasteiger partial charge in [0.15, 0.2) is 0 Å². The van der Waals surface area contributed by atoms with Gasteiger partial charge in [0.05, 0.1) is 13.1 Å². The van der Waals surface area contributed by atoms with Crippen molar-refractivity contribution in [2.45, 2.75) is 33.4 Å². The minimum atomic E-state index is 0.667. The highest BCUT2D eigenvalue weighted by molar-refractivity contribution is 5.57. The lowest BCUT2D eigenvalue weighted by atomic mass is 10.2. The number of para-hydroxylation sites is 1. The second kappa shape index (κ2) is 6.35. The van der Waals surface area contributed by atoms with Crippen molar-refractivity contribution in [1.29, 1.82) is 0 Å². The van der Waals surface area contributed by atoms with Crippen molar-refractivity contribution in [3.05, 3.63) is 53.5 Å². The first-order valence-corrected chi connectivity index (χ1v) is 7.83. The molecule has 21 heavy (non-hydrogen) atoms. The summed E-state index contributed by atoms with van der Waals surface area (Å²) in [7, 11) is 0. The first-order valence-electron chi connectivity index (χ1n) is 7.83. The number of benzene rings is 1. The molecule has 2 aromatic rings. The fraction of sp³-hybridized carbons (Fsp3) is 0.444. The minimum Gasteiger partial charge on any atom is -0.463 e. The maximum atomic E-state index is 5.94. The molecule has 1 aliphatic rings. The SMILES string of the molecule is CC(C)CNCc1ccc(CN2CCc3ccccc32)o1. The van der Waals surface area contributed by atoms with Crippen molar-refractivity contribution >= 4 is 5.69 Å². The molecule has 0 aliphatic carbocycles. The van der Waals surface area contributed by atoms with E-state index < -0.39 is 0 Å². The number of nitrogens with one attached hydrogen (secondary N) is 1. The molecule has 2 heterocycles. The average molecular weight is 284 g/mol. The molecule has 3 nitrogen and oxygen atoms in total. The highest BCUT2D eigenvalue weighted by Gasteiger charge is 2.19. The number of anilines is 1. The predicted molar refractivity (Wildman–Crippen MR) is 86.4 cm³/mol. The number of rotatable bonds is 6. The molecule has 0 saturated carbocycles. The molecule has 1 N–H and O–H groups in total. The van der Waals surface area contributed by atoms with Gasteiger partial charge in [-0.3, -0.25) is 0 Å². The number of fused-ring (bicyclic) bond motifs is 1. The number of hydrogen-bond acceptors (Lipinski definition) is 3. The van der Waals surface area contributed by atoms with Crippen LogP contribution in [-0.2, 0) is 19.5 Å². The summed E-state index contributed by atoms with van der Waals surface area (Å²) in [6.07, 6.45) is 1.14. The first kappa shape index (κ1) is 14.2. The van der Waals surface area contributed by atoms with E-state index in [1.807, 2.05) is 0 Å². The summed E-state index contributed by atoms with van der Waals surface area (Å²) in [5.74, 6) is 2.74. The molecule has 3 heteroatoms. The van der Waals surface area contributed by atoms with Crippen LogP contribution in [0.1, 0.15) is 30.9 Å². The maximum absolute atomic E-state index is 5.94. The lowest BCUT2D eigenvalue weighted by Crippen LogP contribution is -2.19. The van der Waals surface area contributed by atoms with E-state index in [2.05, 4.69) is 60.5 Å². The van der Waals surface area contributed by atoms with E-state index >= 15 is 0 Å².